The van der Waals surface area contributed by atoms with Crippen molar-refractivity contribution in [1.29, 1.82) is 0 Å². The van der Waals surface area contributed by atoms with Gasteiger partial charge in [-0.25, -0.2) is 4.98 Å². The summed E-state index contributed by atoms with van der Waals surface area (Å²) in [6.45, 7) is 3.70. The van der Waals surface area contributed by atoms with Gasteiger partial charge in [-0.2, -0.15) is 0 Å². The second-order valence-corrected chi connectivity index (χ2v) is 4.18. The van der Waals surface area contributed by atoms with E-state index in [4.69, 9.17) is 11.5 Å². The van der Waals surface area contributed by atoms with Crippen molar-refractivity contribution in [2.24, 2.45) is 5.73 Å². The number of carbonyl (C=O) groups is 1. The van der Waals surface area contributed by atoms with Crippen LogP contribution in [-0.4, -0.2) is 48.5 Å². The molecule has 4 N–H and O–H groups in total. The number of rotatable bonds is 3. The van der Waals surface area contributed by atoms with Crippen LogP contribution in [0, 0.1) is 0 Å². The number of anilines is 2. The predicted molar refractivity (Wildman–Crippen MR) is 66.5 cm³/mol. The van der Waals surface area contributed by atoms with Gasteiger partial charge in [0.05, 0.1) is 18.4 Å². The van der Waals surface area contributed by atoms with Crippen LogP contribution in [0.15, 0.2) is 18.3 Å². The molecule has 1 aliphatic rings. The van der Waals surface area contributed by atoms with Crippen LogP contribution in [0.1, 0.15) is 0 Å². The molecular weight excluding hydrogens is 218 g/mol. The van der Waals surface area contributed by atoms with Gasteiger partial charge in [-0.1, -0.05) is 0 Å². The van der Waals surface area contributed by atoms with Crippen molar-refractivity contribution in [1.82, 2.24) is 9.88 Å². The number of carbonyl (C=O) groups excluding carboxylic acids is 1. The Morgan fingerprint density at radius 3 is 2.53 bits per heavy atom. The van der Waals surface area contributed by atoms with Crippen LogP contribution in [0.2, 0.25) is 0 Å². The largest absolute Gasteiger partial charge is 0.397 e. The Bertz CT molecular complexity index is 383. The molecule has 0 radical (unpaired) electrons. The minimum Gasteiger partial charge on any atom is -0.397 e. The van der Waals surface area contributed by atoms with Gasteiger partial charge in [0.2, 0.25) is 5.91 Å². The molecule has 2 rings (SSSR count). The average Bonchev–Trinajstić information content (AvgIpc) is 2.30. The Morgan fingerprint density at radius 2 is 2.00 bits per heavy atom. The van der Waals surface area contributed by atoms with E-state index in [-0.39, 0.29) is 5.91 Å². The highest BCUT2D eigenvalue weighted by Gasteiger charge is 2.18. The van der Waals surface area contributed by atoms with E-state index in [0.717, 1.165) is 32.0 Å². The van der Waals surface area contributed by atoms with Crippen LogP contribution in [-0.2, 0) is 4.79 Å². The lowest BCUT2D eigenvalue weighted by atomic mass is 10.3. The van der Waals surface area contributed by atoms with E-state index in [1.54, 1.807) is 6.20 Å². The molecule has 1 aliphatic heterocycles. The lowest BCUT2D eigenvalue weighted by molar-refractivity contribution is -0.119. The minimum atomic E-state index is -0.274. The molecule has 6 heteroatoms. The first kappa shape index (κ1) is 11.7. The molecule has 0 aromatic carbocycles. The SMILES string of the molecule is NC(=O)CN1CCN(c2ccc(N)cn2)CC1. The number of nitrogens with two attached hydrogens (primary N) is 2. The summed E-state index contributed by atoms with van der Waals surface area (Å²) in [4.78, 5) is 19.3. The zero-order chi connectivity index (χ0) is 12.3. The zero-order valence-electron chi connectivity index (χ0n) is 9.67. The number of aromatic nitrogens is 1. The van der Waals surface area contributed by atoms with E-state index in [0.29, 0.717) is 12.2 Å². The molecule has 1 fully saturated rings. The maximum Gasteiger partial charge on any atom is 0.231 e. The van der Waals surface area contributed by atoms with Crippen LogP contribution < -0.4 is 16.4 Å². The number of pyridine rings is 1. The van der Waals surface area contributed by atoms with E-state index >= 15 is 0 Å². The molecule has 0 saturated carbocycles. The summed E-state index contributed by atoms with van der Waals surface area (Å²) in [6.07, 6.45) is 1.66. The summed E-state index contributed by atoms with van der Waals surface area (Å²) in [6, 6.07) is 3.76. The third kappa shape index (κ3) is 3.07. The number of piperazine rings is 1. The van der Waals surface area contributed by atoms with Crippen molar-refractivity contribution < 1.29 is 4.79 Å². The van der Waals surface area contributed by atoms with Gasteiger partial charge in [-0.05, 0) is 12.1 Å². The Hall–Kier alpha value is -1.82. The second-order valence-electron chi connectivity index (χ2n) is 4.18. The smallest absolute Gasteiger partial charge is 0.231 e. The van der Waals surface area contributed by atoms with Crippen LogP contribution >= 0.6 is 0 Å². The molecule has 0 bridgehead atoms. The molecule has 1 saturated heterocycles. The predicted octanol–water partition coefficient (Wildman–Crippen LogP) is -0.729. The molecule has 2 heterocycles. The van der Waals surface area contributed by atoms with Gasteiger partial charge in [0, 0.05) is 26.2 Å². The Kier molecular flexibility index (Phi) is 3.43. The minimum absolute atomic E-state index is 0.274. The maximum atomic E-state index is 10.8. The van der Waals surface area contributed by atoms with Crippen molar-refractivity contribution in [2.45, 2.75) is 0 Å². The topological polar surface area (TPSA) is 88.5 Å². The fraction of sp³-hybridized carbons (Fsp3) is 0.455. The molecule has 0 unspecified atom stereocenters. The second kappa shape index (κ2) is 5.01. The normalized spacial score (nSPS) is 17.1. The zero-order valence-corrected chi connectivity index (χ0v) is 9.67. The summed E-state index contributed by atoms with van der Waals surface area (Å²) < 4.78 is 0. The van der Waals surface area contributed by atoms with Crippen molar-refractivity contribution in [2.75, 3.05) is 43.4 Å². The lowest BCUT2D eigenvalue weighted by Gasteiger charge is -2.34. The first-order valence-corrected chi connectivity index (χ1v) is 5.62. The molecule has 0 aliphatic carbocycles. The summed E-state index contributed by atoms with van der Waals surface area (Å²) in [5.41, 5.74) is 11.4. The Labute approximate surface area is 100 Å². The number of amides is 1. The van der Waals surface area contributed by atoms with Crippen LogP contribution in [0.5, 0.6) is 0 Å². The van der Waals surface area contributed by atoms with Crippen LogP contribution in [0.25, 0.3) is 0 Å². The van der Waals surface area contributed by atoms with E-state index in [1.165, 1.54) is 0 Å². The Balaban J connectivity index is 1.90. The van der Waals surface area contributed by atoms with Crippen molar-refractivity contribution in [3.05, 3.63) is 18.3 Å². The average molecular weight is 235 g/mol. The van der Waals surface area contributed by atoms with Crippen molar-refractivity contribution >= 4 is 17.4 Å². The highest BCUT2D eigenvalue weighted by molar-refractivity contribution is 5.75. The molecule has 0 spiro atoms. The number of nitrogens with zero attached hydrogens (tertiary/aromatic N) is 3. The van der Waals surface area contributed by atoms with Gasteiger partial charge in [0.25, 0.3) is 0 Å². The monoisotopic (exact) mass is 235 g/mol. The van der Waals surface area contributed by atoms with Gasteiger partial charge < -0.3 is 16.4 Å². The van der Waals surface area contributed by atoms with Gasteiger partial charge in [-0.3, -0.25) is 9.69 Å². The third-order valence-electron chi connectivity index (χ3n) is 2.85. The fourth-order valence-electron chi connectivity index (χ4n) is 1.94. The van der Waals surface area contributed by atoms with Crippen molar-refractivity contribution in [3.8, 4) is 0 Å². The maximum absolute atomic E-state index is 10.8. The van der Waals surface area contributed by atoms with Crippen LogP contribution in [0.4, 0.5) is 11.5 Å². The fourth-order valence-corrected chi connectivity index (χ4v) is 1.94. The summed E-state index contributed by atoms with van der Waals surface area (Å²) in [5, 5.41) is 0. The number of nitrogen functional groups attached to an aromatic ring is 1. The van der Waals surface area contributed by atoms with Crippen LogP contribution in [0.3, 0.4) is 0 Å². The summed E-state index contributed by atoms with van der Waals surface area (Å²) in [5.74, 6) is 0.655. The van der Waals surface area contributed by atoms with E-state index < -0.39 is 0 Å². The van der Waals surface area contributed by atoms with E-state index in [1.807, 2.05) is 12.1 Å². The van der Waals surface area contributed by atoms with Gasteiger partial charge in [-0.15, -0.1) is 0 Å². The highest BCUT2D eigenvalue weighted by atomic mass is 16.1. The number of hydrogen-bond acceptors (Lipinski definition) is 5. The molecule has 6 nitrogen and oxygen atoms in total. The highest BCUT2D eigenvalue weighted by Crippen LogP contribution is 2.14. The first-order chi connectivity index (χ1) is 8.15. The number of hydrogen-bond donors (Lipinski definition) is 2. The number of primary amides is 1. The van der Waals surface area contributed by atoms with Gasteiger partial charge in [0.1, 0.15) is 5.82 Å². The molecular formula is C11H17N5O. The lowest BCUT2D eigenvalue weighted by Crippen LogP contribution is -2.49. The molecule has 17 heavy (non-hydrogen) atoms. The molecule has 92 valence electrons. The third-order valence-corrected chi connectivity index (χ3v) is 2.85. The Morgan fingerprint density at radius 1 is 1.29 bits per heavy atom. The van der Waals surface area contributed by atoms with Gasteiger partial charge in [0.15, 0.2) is 0 Å². The van der Waals surface area contributed by atoms with E-state index in [9.17, 15) is 4.79 Å². The summed E-state index contributed by atoms with van der Waals surface area (Å²) >= 11 is 0. The molecule has 1 aromatic rings. The molecule has 1 aromatic heterocycles. The summed E-state index contributed by atoms with van der Waals surface area (Å²) in [7, 11) is 0. The quantitative estimate of drug-likeness (QED) is 0.721. The standard InChI is InChI=1S/C11H17N5O/c12-9-1-2-11(14-7-9)16-5-3-15(4-6-16)8-10(13)17/h1-2,7H,3-6,8,12H2,(H2,13,17). The molecule has 1 amide bonds. The molecule has 0 atom stereocenters. The van der Waals surface area contributed by atoms with Gasteiger partial charge >= 0.3 is 0 Å². The first-order valence-electron chi connectivity index (χ1n) is 5.62. The van der Waals surface area contributed by atoms with Crippen molar-refractivity contribution in [3.63, 3.8) is 0 Å². The van der Waals surface area contributed by atoms with E-state index in [2.05, 4.69) is 14.8 Å².